The first kappa shape index (κ1) is 20.2. The molecule has 0 radical (unpaired) electrons. The van der Waals surface area contributed by atoms with Gasteiger partial charge in [-0.3, -0.25) is 14.3 Å². The lowest BCUT2D eigenvalue weighted by Gasteiger charge is -2.26. The van der Waals surface area contributed by atoms with E-state index >= 15 is 0 Å². The number of rotatable bonds is 6. The Hall–Kier alpha value is -3.06. The monoisotopic (exact) mass is 420 g/mol. The summed E-state index contributed by atoms with van der Waals surface area (Å²) in [5.41, 5.74) is 2.50. The maximum Gasteiger partial charge on any atom is 0.253 e. The molecule has 1 unspecified atom stereocenters. The number of nitrogens with zero attached hydrogens (tertiary/aromatic N) is 3. The van der Waals surface area contributed by atoms with Crippen molar-refractivity contribution in [1.82, 2.24) is 14.7 Å². The van der Waals surface area contributed by atoms with Gasteiger partial charge in [-0.05, 0) is 29.3 Å². The third-order valence-corrected chi connectivity index (χ3v) is 6.04. The van der Waals surface area contributed by atoms with Gasteiger partial charge in [0.25, 0.3) is 5.91 Å². The zero-order valence-electron chi connectivity index (χ0n) is 16.6. The first-order chi connectivity index (χ1) is 14.7. The highest BCUT2D eigenvalue weighted by atomic mass is 32.2. The third-order valence-electron chi connectivity index (χ3n) is 5.09. The molecule has 2 aromatic carbocycles. The predicted molar refractivity (Wildman–Crippen MR) is 119 cm³/mol. The molecule has 0 aliphatic carbocycles. The van der Waals surface area contributed by atoms with Crippen molar-refractivity contribution in [3.8, 4) is 0 Å². The molecule has 6 nitrogen and oxygen atoms in total. The standard InChI is InChI=1S/C23H24N4O2S/c28-21(26-13-15-30-16-14-26)17-18-7-9-20(10-8-18)25-23(29)22(27-12-4-11-24-27)19-5-2-1-3-6-19/h1-12,22H,13-17H2,(H,25,29). The number of benzene rings is 2. The SMILES string of the molecule is O=C(Nc1ccc(CC(=O)N2CCSCC2)cc1)C(c1ccccc1)n1cccn1. The van der Waals surface area contributed by atoms with Gasteiger partial charge in [-0.2, -0.15) is 16.9 Å². The van der Waals surface area contributed by atoms with Crippen LogP contribution in [0.25, 0.3) is 0 Å². The molecule has 0 bridgehead atoms. The fraction of sp³-hybridized carbons (Fsp3) is 0.261. The van der Waals surface area contributed by atoms with Crippen LogP contribution in [-0.4, -0.2) is 51.1 Å². The molecule has 1 aliphatic rings. The Labute approximate surface area is 180 Å². The van der Waals surface area contributed by atoms with E-state index < -0.39 is 6.04 Å². The summed E-state index contributed by atoms with van der Waals surface area (Å²) in [5.74, 6) is 2.01. The molecule has 1 saturated heterocycles. The van der Waals surface area contributed by atoms with Crippen LogP contribution in [0.15, 0.2) is 73.1 Å². The smallest absolute Gasteiger partial charge is 0.253 e. The van der Waals surface area contributed by atoms with Crippen molar-refractivity contribution in [2.24, 2.45) is 0 Å². The maximum atomic E-state index is 13.0. The van der Waals surface area contributed by atoms with Gasteiger partial charge < -0.3 is 10.2 Å². The fourth-order valence-electron chi connectivity index (χ4n) is 3.51. The van der Waals surface area contributed by atoms with Crippen LogP contribution in [0.3, 0.4) is 0 Å². The van der Waals surface area contributed by atoms with Gasteiger partial charge >= 0.3 is 0 Å². The van der Waals surface area contributed by atoms with Crippen LogP contribution >= 0.6 is 11.8 Å². The molecule has 4 rings (SSSR count). The van der Waals surface area contributed by atoms with Crippen molar-refractivity contribution < 1.29 is 9.59 Å². The molecule has 1 aliphatic heterocycles. The zero-order chi connectivity index (χ0) is 20.8. The van der Waals surface area contributed by atoms with Gasteiger partial charge in [0.1, 0.15) is 0 Å². The molecule has 30 heavy (non-hydrogen) atoms. The zero-order valence-corrected chi connectivity index (χ0v) is 17.4. The number of hydrogen-bond acceptors (Lipinski definition) is 4. The Morgan fingerprint density at radius 1 is 1.00 bits per heavy atom. The first-order valence-electron chi connectivity index (χ1n) is 10.00. The highest BCUT2D eigenvalue weighted by Crippen LogP contribution is 2.20. The number of carbonyl (C=O) groups excluding carboxylic acids is 2. The van der Waals surface area contributed by atoms with Crippen molar-refractivity contribution in [2.75, 3.05) is 29.9 Å². The summed E-state index contributed by atoms with van der Waals surface area (Å²) in [6.07, 6.45) is 3.83. The van der Waals surface area contributed by atoms with Gasteiger partial charge in [0.15, 0.2) is 6.04 Å². The van der Waals surface area contributed by atoms with Crippen molar-refractivity contribution in [3.05, 3.63) is 84.2 Å². The van der Waals surface area contributed by atoms with Crippen LogP contribution in [0.2, 0.25) is 0 Å². The molecule has 0 saturated carbocycles. The Morgan fingerprint density at radius 3 is 2.40 bits per heavy atom. The molecule has 3 aromatic rings. The number of nitrogens with one attached hydrogen (secondary N) is 1. The summed E-state index contributed by atoms with van der Waals surface area (Å²) in [4.78, 5) is 27.4. The summed E-state index contributed by atoms with van der Waals surface area (Å²) in [6, 6.07) is 18.3. The minimum atomic E-state index is -0.556. The van der Waals surface area contributed by atoms with Gasteiger partial charge in [-0.25, -0.2) is 0 Å². The summed E-state index contributed by atoms with van der Waals surface area (Å²) in [6.45, 7) is 1.65. The fourth-order valence-corrected chi connectivity index (χ4v) is 4.41. The van der Waals surface area contributed by atoms with Gasteiger partial charge in [0, 0.05) is 42.7 Å². The largest absolute Gasteiger partial charge is 0.341 e. The van der Waals surface area contributed by atoms with E-state index in [1.165, 1.54) is 0 Å². The molecule has 1 atom stereocenters. The molecular formula is C23H24N4O2S. The van der Waals surface area contributed by atoms with Crippen molar-refractivity contribution in [2.45, 2.75) is 12.5 Å². The number of amides is 2. The molecular weight excluding hydrogens is 396 g/mol. The van der Waals surface area contributed by atoms with Crippen LogP contribution in [0.4, 0.5) is 5.69 Å². The van der Waals surface area contributed by atoms with Gasteiger partial charge in [0.05, 0.1) is 6.42 Å². The number of aromatic nitrogens is 2. The van der Waals surface area contributed by atoms with E-state index in [1.807, 2.05) is 71.3 Å². The Kier molecular flexibility index (Phi) is 6.49. The van der Waals surface area contributed by atoms with Gasteiger partial charge in [0.2, 0.25) is 5.91 Å². The van der Waals surface area contributed by atoms with Crippen molar-refractivity contribution in [1.29, 1.82) is 0 Å². The van der Waals surface area contributed by atoms with E-state index in [4.69, 9.17) is 0 Å². The van der Waals surface area contributed by atoms with Crippen LogP contribution in [0.1, 0.15) is 17.2 Å². The number of anilines is 1. The van der Waals surface area contributed by atoms with Gasteiger partial charge in [-0.15, -0.1) is 0 Å². The van der Waals surface area contributed by atoms with Crippen molar-refractivity contribution >= 4 is 29.3 Å². The Balaban J connectivity index is 1.43. The van der Waals surface area contributed by atoms with Crippen LogP contribution in [0, 0.1) is 0 Å². The number of thioether (sulfide) groups is 1. The maximum absolute atomic E-state index is 13.0. The average Bonchev–Trinajstić information content (AvgIpc) is 3.31. The highest BCUT2D eigenvalue weighted by Gasteiger charge is 2.23. The molecule has 1 fully saturated rings. The van der Waals surface area contributed by atoms with Gasteiger partial charge in [-0.1, -0.05) is 42.5 Å². The average molecular weight is 421 g/mol. The second-order valence-electron chi connectivity index (χ2n) is 7.16. The topological polar surface area (TPSA) is 67.2 Å². The van der Waals surface area contributed by atoms with Crippen LogP contribution in [-0.2, 0) is 16.0 Å². The van der Waals surface area contributed by atoms with E-state index in [2.05, 4.69) is 10.4 Å². The second kappa shape index (κ2) is 9.63. The number of carbonyl (C=O) groups is 2. The van der Waals surface area contributed by atoms with E-state index in [0.717, 1.165) is 35.7 Å². The third kappa shape index (κ3) is 4.91. The summed E-state index contributed by atoms with van der Waals surface area (Å²) in [5, 5.41) is 7.23. The van der Waals surface area contributed by atoms with Crippen LogP contribution < -0.4 is 5.32 Å². The van der Waals surface area contributed by atoms with E-state index in [1.54, 1.807) is 23.1 Å². The summed E-state index contributed by atoms with van der Waals surface area (Å²) >= 11 is 1.89. The molecule has 7 heteroatoms. The molecule has 0 spiro atoms. The predicted octanol–water partition coefficient (Wildman–Crippen LogP) is 3.23. The first-order valence-corrected chi connectivity index (χ1v) is 11.2. The molecule has 154 valence electrons. The minimum absolute atomic E-state index is 0.162. The normalized spacial score (nSPS) is 14.9. The quantitative estimate of drug-likeness (QED) is 0.665. The minimum Gasteiger partial charge on any atom is -0.341 e. The van der Waals surface area contributed by atoms with Crippen LogP contribution in [0.5, 0.6) is 0 Å². The Bertz CT molecular complexity index is 968. The highest BCUT2D eigenvalue weighted by molar-refractivity contribution is 7.99. The lowest BCUT2D eigenvalue weighted by atomic mass is 10.1. The van der Waals surface area contributed by atoms with E-state index in [-0.39, 0.29) is 11.8 Å². The lowest BCUT2D eigenvalue weighted by molar-refractivity contribution is -0.130. The van der Waals surface area contributed by atoms with E-state index in [0.29, 0.717) is 12.1 Å². The molecule has 1 N–H and O–H groups in total. The molecule has 2 amide bonds. The Morgan fingerprint density at radius 2 is 1.73 bits per heavy atom. The number of hydrogen-bond donors (Lipinski definition) is 1. The lowest BCUT2D eigenvalue weighted by Crippen LogP contribution is -2.38. The molecule has 2 heterocycles. The summed E-state index contributed by atoms with van der Waals surface area (Å²) in [7, 11) is 0. The molecule has 1 aromatic heterocycles. The van der Waals surface area contributed by atoms with Crippen molar-refractivity contribution in [3.63, 3.8) is 0 Å². The summed E-state index contributed by atoms with van der Waals surface area (Å²) < 4.78 is 1.65. The van der Waals surface area contributed by atoms with E-state index in [9.17, 15) is 9.59 Å². The second-order valence-corrected chi connectivity index (χ2v) is 8.38.